The molecule has 2 spiro atoms. The maximum absolute atomic E-state index is 2.67. The van der Waals surface area contributed by atoms with Gasteiger partial charge in [-0.15, -0.1) is 0 Å². The van der Waals surface area contributed by atoms with Crippen LogP contribution < -0.4 is 0 Å². The molecule has 2 bridgehead atoms. The number of hydrogen-bond acceptors (Lipinski definition) is 0. The van der Waals surface area contributed by atoms with E-state index in [0.717, 1.165) is 28.1 Å². The molecule has 0 nitrogen and oxygen atoms in total. The van der Waals surface area contributed by atoms with Crippen LogP contribution in [0.3, 0.4) is 0 Å². The standard InChI is InChI=1S/C17H24/c1-15-7-4-13(5-8-15)17(15)10-14-3-2-12-6-9-16(12,14)11-17/h3,12-13H,2,4-11H2,1H3. The third-order valence-electron chi connectivity index (χ3n) is 8.22. The molecule has 0 amide bonds. The van der Waals surface area contributed by atoms with Crippen LogP contribution in [0.1, 0.15) is 64.7 Å². The van der Waals surface area contributed by atoms with Crippen molar-refractivity contribution in [1.82, 2.24) is 0 Å². The monoisotopic (exact) mass is 228 g/mol. The number of rotatable bonds is 0. The molecule has 0 saturated heterocycles. The van der Waals surface area contributed by atoms with Gasteiger partial charge >= 0.3 is 0 Å². The van der Waals surface area contributed by atoms with Crippen molar-refractivity contribution >= 4 is 0 Å². The summed E-state index contributed by atoms with van der Waals surface area (Å²) in [5.41, 5.74) is 4.21. The van der Waals surface area contributed by atoms with E-state index in [2.05, 4.69) is 13.0 Å². The lowest BCUT2D eigenvalue weighted by atomic mass is 9.56. The molecule has 0 aromatic heterocycles. The van der Waals surface area contributed by atoms with Crippen LogP contribution in [0.5, 0.6) is 0 Å². The third-order valence-corrected chi connectivity index (χ3v) is 8.22. The Hall–Kier alpha value is -0.260. The Morgan fingerprint density at radius 2 is 1.82 bits per heavy atom. The van der Waals surface area contributed by atoms with Gasteiger partial charge in [0.1, 0.15) is 0 Å². The molecule has 0 aromatic carbocycles. The summed E-state index contributed by atoms with van der Waals surface area (Å²) in [6, 6.07) is 0. The Labute approximate surface area is 105 Å². The van der Waals surface area contributed by atoms with Crippen molar-refractivity contribution in [3.8, 4) is 0 Å². The molecule has 0 aliphatic heterocycles. The summed E-state index contributed by atoms with van der Waals surface area (Å²) in [7, 11) is 0. The molecule has 92 valence electrons. The maximum atomic E-state index is 2.67. The van der Waals surface area contributed by atoms with E-state index in [0.29, 0.717) is 0 Å². The van der Waals surface area contributed by atoms with Crippen molar-refractivity contribution in [2.24, 2.45) is 28.1 Å². The Bertz CT molecular complexity index is 423. The molecule has 0 radical (unpaired) electrons. The summed E-state index contributed by atoms with van der Waals surface area (Å²) >= 11 is 0. The quantitative estimate of drug-likeness (QED) is 0.527. The first-order valence-electron chi connectivity index (χ1n) is 7.88. The first-order valence-corrected chi connectivity index (χ1v) is 7.88. The summed E-state index contributed by atoms with van der Waals surface area (Å²) in [5, 5.41) is 0. The normalized spacial score (nSPS) is 62.5. The fourth-order valence-electron chi connectivity index (χ4n) is 7.02. The van der Waals surface area contributed by atoms with Crippen molar-refractivity contribution in [3.05, 3.63) is 11.6 Å². The molecular formula is C17H24. The topological polar surface area (TPSA) is 0 Å². The largest absolute Gasteiger partial charge is 0.0844 e. The summed E-state index contributed by atoms with van der Waals surface area (Å²) in [4.78, 5) is 0. The summed E-state index contributed by atoms with van der Waals surface area (Å²) in [5.74, 6) is 2.19. The Morgan fingerprint density at radius 1 is 1.06 bits per heavy atom. The van der Waals surface area contributed by atoms with E-state index in [1.807, 2.05) is 5.57 Å². The first-order chi connectivity index (χ1) is 8.19. The average Bonchev–Trinajstić information content (AvgIpc) is 2.93. The number of hydrogen-bond donors (Lipinski definition) is 0. The highest BCUT2D eigenvalue weighted by Gasteiger charge is 2.70. The lowest BCUT2D eigenvalue weighted by molar-refractivity contribution is 0.0243. The predicted octanol–water partition coefficient (Wildman–Crippen LogP) is 4.70. The van der Waals surface area contributed by atoms with Crippen LogP contribution in [-0.2, 0) is 0 Å². The molecule has 3 atom stereocenters. The van der Waals surface area contributed by atoms with Gasteiger partial charge in [0.25, 0.3) is 0 Å². The second-order valence-electron chi connectivity index (χ2n) is 8.20. The van der Waals surface area contributed by atoms with Crippen LogP contribution >= 0.6 is 0 Å². The molecule has 4 saturated carbocycles. The summed E-state index contributed by atoms with van der Waals surface area (Å²) in [6.45, 7) is 2.64. The van der Waals surface area contributed by atoms with Gasteiger partial charge in [0.2, 0.25) is 0 Å². The number of allylic oxidation sites excluding steroid dienone is 2. The van der Waals surface area contributed by atoms with Gasteiger partial charge in [0.15, 0.2) is 0 Å². The van der Waals surface area contributed by atoms with Crippen LogP contribution in [0, 0.1) is 28.1 Å². The maximum Gasteiger partial charge on any atom is -0.00509 e. The molecule has 0 aromatic rings. The zero-order valence-electron chi connectivity index (χ0n) is 11.1. The van der Waals surface area contributed by atoms with Gasteiger partial charge in [0, 0.05) is 0 Å². The Kier molecular flexibility index (Phi) is 1.44. The van der Waals surface area contributed by atoms with E-state index in [4.69, 9.17) is 0 Å². The fourth-order valence-corrected chi connectivity index (χ4v) is 7.02. The van der Waals surface area contributed by atoms with Gasteiger partial charge in [0.05, 0.1) is 0 Å². The van der Waals surface area contributed by atoms with Crippen molar-refractivity contribution in [3.63, 3.8) is 0 Å². The van der Waals surface area contributed by atoms with E-state index in [9.17, 15) is 0 Å². The van der Waals surface area contributed by atoms with Crippen LogP contribution in [0.4, 0.5) is 0 Å². The van der Waals surface area contributed by atoms with Crippen LogP contribution in [0.25, 0.3) is 0 Å². The van der Waals surface area contributed by atoms with Crippen LogP contribution in [0.15, 0.2) is 11.6 Å². The van der Waals surface area contributed by atoms with E-state index in [1.54, 1.807) is 38.5 Å². The summed E-state index contributed by atoms with van der Waals surface area (Å²) < 4.78 is 0. The molecule has 5 aliphatic carbocycles. The van der Waals surface area contributed by atoms with Gasteiger partial charge in [-0.05, 0) is 85.9 Å². The average molecular weight is 228 g/mol. The molecule has 5 aliphatic rings. The van der Waals surface area contributed by atoms with Gasteiger partial charge < -0.3 is 0 Å². The highest BCUT2D eigenvalue weighted by atomic mass is 14.7. The van der Waals surface area contributed by atoms with Gasteiger partial charge in [-0.1, -0.05) is 18.6 Å². The van der Waals surface area contributed by atoms with Crippen LogP contribution in [-0.4, -0.2) is 0 Å². The van der Waals surface area contributed by atoms with Crippen molar-refractivity contribution in [1.29, 1.82) is 0 Å². The molecule has 5 rings (SSSR count). The van der Waals surface area contributed by atoms with Gasteiger partial charge in [-0.3, -0.25) is 0 Å². The van der Waals surface area contributed by atoms with Crippen LogP contribution in [0.2, 0.25) is 0 Å². The zero-order chi connectivity index (χ0) is 11.3. The van der Waals surface area contributed by atoms with Crippen molar-refractivity contribution in [2.45, 2.75) is 64.7 Å². The second kappa shape index (κ2) is 2.53. The Balaban J connectivity index is 1.64. The lowest BCUT2D eigenvalue weighted by Crippen LogP contribution is -2.39. The summed E-state index contributed by atoms with van der Waals surface area (Å²) in [6.07, 6.45) is 16.5. The Morgan fingerprint density at radius 3 is 2.35 bits per heavy atom. The van der Waals surface area contributed by atoms with E-state index in [1.165, 1.54) is 19.3 Å². The van der Waals surface area contributed by atoms with Gasteiger partial charge in [-0.25, -0.2) is 0 Å². The molecule has 3 unspecified atom stereocenters. The van der Waals surface area contributed by atoms with Crippen molar-refractivity contribution < 1.29 is 0 Å². The third kappa shape index (κ3) is 0.805. The molecular weight excluding hydrogens is 204 g/mol. The zero-order valence-corrected chi connectivity index (χ0v) is 11.1. The fraction of sp³-hybridized carbons (Fsp3) is 0.882. The molecule has 0 heteroatoms. The first kappa shape index (κ1) is 9.64. The molecule has 0 heterocycles. The highest BCUT2D eigenvalue weighted by Crippen LogP contribution is 2.80. The van der Waals surface area contributed by atoms with E-state index < -0.39 is 0 Å². The predicted molar refractivity (Wildman–Crippen MR) is 69.6 cm³/mol. The minimum absolute atomic E-state index is 0.734. The molecule has 0 N–H and O–H groups in total. The van der Waals surface area contributed by atoms with Gasteiger partial charge in [-0.2, -0.15) is 0 Å². The van der Waals surface area contributed by atoms with E-state index in [-0.39, 0.29) is 0 Å². The van der Waals surface area contributed by atoms with Crippen molar-refractivity contribution in [2.75, 3.05) is 0 Å². The highest BCUT2D eigenvalue weighted by molar-refractivity contribution is 5.37. The molecule has 17 heavy (non-hydrogen) atoms. The minimum Gasteiger partial charge on any atom is -0.0844 e. The lowest BCUT2D eigenvalue weighted by Gasteiger charge is -2.48. The minimum atomic E-state index is 0.734. The SMILES string of the molecule is CC12CCC(CC1)C21CC2=CCC3CCC23C1. The smallest absolute Gasteiger partial charge is 0.00509 e. The second-order valence-corrected chi connectivity index (χ2v) is 8.20. The van der Waals surface area contributed by atoms with E-state index >= 15 is 0 Å². The molecule has 4 fully saturated rings.